The highest BCUT2D eigenvalue weighted by Crippen LogP contribution is 2.10. The standard InChI is InChI=1S/C12H25N3O/c1-3-10(8-13)7-12(16)14-11-5-4-6-15(2)9-11/h10-11H,3-9,13H2,1-2H3,(H,14,16). The van der Waals surface area contributed by atoms with Crippen molar-refractivity contribution in [2.24, 2.45) is 11.7 Å². The molecule has 16 heavy (non-hydrogen) atoms. The van der Waals surface area contributed by atoms with Gasteiger partial charge in [0.1, 0.15) is 0 Å². The molecular weight excluding hydrogens is 202 g/mol. The molecule has 0 aromatic rings. The summed E-state index contributed by atoms with van der Waals surface area (Å²) in [6.07, 6.45) is 3.84. The van der Waals surface area contributed by atoms with Crippen LogP contribution in [-0.2, 0) is 4.79 Å². The molecule has 2 unspecified atom stereocenters. The Morgan fingerprint density at radius 2 is 2.38 bits per heavy atom. The Balaban J connectivity index is 2.27. The summed E-state index contributed by atoms with van der Waals surface area (Å²) in [5.74, 6) is 0.499. The summed E-state index contributed by atoms with van der Waals surface area (Å²) in [6, 6.07) is 0.335. The number of hydrogen-bond donors (Lipinski definition) is 2. The van der Waals surface area contributed by atoms with E-state index in [1.807, 2.05) is 0 Å². The molecule has 0 aromatic heterocycles. The van der Waals surface area contributed by atoms with Gasteiger partial charge in [-0.1, -0.05) is 13.3 Å². The predicted octanol–water partition coefficient (Wildman–Crippen LogP) is 0.572. The molecule has 1 aliphatic rings. The first-order valence-electron chi connectivity index (χ1n) is 6.33. The van der Waals surface area contributed by atoms with Gasteiger partial charge in [-0.05, 0) is 38.9 Å². The lowest BCUT2D eigenvalue weighted by Gasteiger charge is -2.30. The third-order valence-electron chi connectivity index (χ3n) is 3.37. The number of piperidine rings is 1. The minimum absolute atomic E-state index is 0.164. The van der Waals surface area contributed by atoms with Crippen molar-refractivity contribution in [2.45, 2.75) is 38.6 Å². The molecule has 1 saturated heterocycles. The van der Waals surface area contributed by atoms with Crippen LogP contribution < -0.4 is 11.1 Å². The summed E-state index contributed by atoms with van der Waals surface area (Å²) in [5, 5.41) is 3.11. The van der Waals surface area contributed by atoms with Crippen molar-refractivity contribution in [2.75, 3.05) is 26.7 Å². The Labute approximate surface area is 98.6 Å². The van der Waals surface area contributed by atoms with Gasteiger partial charge in [0.15, 0.2) is 0 Å². The zero-order valence-corrected chi connectivity index (χ0v) is 10.5. The second kappa shape index (κ2) is 6.86. The van der Waals surface area contributed by atoms with Gasteiger partial charge >= 0.3 is 0 Å². The average molecular weight is 227 g/mol. The lowest BCUT2D eigenvalue weighted by Crippen LogP contribution is -2.46. The van der Waals surface area contributed by atoms with E-state index in [4.69, 9.17) is 5.73 Å². The molecule has 1 rings (SSSR count). The minimum atomic E-state index is 0.164. The van der Waals surface area contributed by atoms with Gasteiger partial charge < -0.3 is 16.0 Å². The van der Waals surface area contributed by atoms with E-state index in [0.29, 0.717) is 24.9 Å². The zero-order chi connectivity index (χ0) is 12.0. The van der Waals surface area contributed by atoms with Gasteiger partial charge in [0.05, 0.1) is 0 Å². The zero-order valence-electron chi connectivity index (χ0n) is 10.5. The maximum absolute atomic E-state index is 11.8. The fraction of sp³-hybridized carbons (Fsp3) is 0.917. The van der Waals surface area contributed by atoms with Gasteiger partial charge in [0.25, 0.3) is 0 Å². The molecule has 4 heteroatoms. The monoisotopic (exact) mass is 227 g/mol. The third-order valence-corrected chi connectivity index (χ3v) is 3.37. The fourth-order valence-corrected chi connectivity index (χ4v) is 2.23. The normalized spacial score (nSPS) is 24.1. The van der Waals surface area contributed by atoms with E-state index in [-0.39, 0.29) is 5.91 Å². The molecule has 94 valence electrons. The molecule has 0 saturated carbocycles. The van der Waals surface area contributed by atoms with Crippen molar-refractivity contribution < 1.29 is 4.79 Å². The van der Waals surface area contributed by atoms with Crippen LogP contribution in [0.5, 0.6) is 0 Å². The van der Waals surface area contributed by atoms with Crippen LogP contribution in [0.1, 0.15) is 32.6 Å². The minimum Gasteiger partial charge on any atom is -0.352 e. The molecule has 3 N–H and O–H groups in total. The second-order valence-electron chi connectivity index (χ2n) is 4.88. The summed E-state index contributed by atoms with van der Waals surface area (Å²) in [5.41, 5.74) is 5.60. The number of rotatable bonds is 5. The number of nitrogens with one attached hydrogen (secondary N) is 1. The molecule has 0 aliphatic carbocycles. The number of carbonyl (C=O) groups is 1. The van der Waals surface area contributed by atoms with Crippen molar-refractivity contribution in [3.63, 3.8) is 0 Å². The fourth-order valence-electron chi connectivity index (χ4n) is 2.23. The van der Waals surface area contributed by atoms with Crippen molar-refractivity contribution in [3.05, 3.63) is 0 Å². The van der Waals surface area contributed by atoms with Crippen LogP contribution in [0.3, 0.4) is 0 Å². The Hall–Kier alpha value is -0.610. The molecule has 0 aromatic carbocycles. The van der Waals surface area contributed by atoms with Crippen molar-refractivity contribution in [1.29, 1.82) is 0 Å². The number of carbonyl (C=O) groups excluding carboxylic acids is 1. The second-order valence-corrected chi connectivity index (χ2v) is 4.88. The molecule has 4 nitrogen and oxygen atoms in total. The first-order valence-corrected chi connectivity index (χ1v) is 6.33. The van der Waals surface area contributed by atoms with Crippen molar-refractivity contribution in [3.8, 4) is 0 Å². The van der Waals surface area contributed by atoms with Crippen LogP contribution in [0.15, 0.2) is 0 Å². The number of nitrogens with two attached hydrogens (primary N) is 1. The summed E-state index contributed by atoms with van der Waals surface area (Å²) < 4.78 is 0. The lowest BCUT2D eigenvalue weighted by molar-refractivity contribution is -0.123. The van der Waals surface area contributed by atoms with Crippen LogP contribution in [0.25, 0.3) is 0 Å². The van der Waals surface area contributed by atoms with Crippen molar-refractivity contribution >= 4 is 5.91 Å². The number of hydrogen-bond acceptors (Lipinski definition) is 3. The van der Waals surface area contributed by atoms with E-state index in [2.05, 4.69) is 24.2 Å². The molecule has 0 bridgehead atoms. The van der Waals surface area contributed by atoms with E-state index in [1.165, 1.54) is 6.42 Å². The van der Waals surface area contributed by atoms with E-state index in [1.54, 1.807) is 0 Å². The van der Waals surface area contributed by atoms with Crippen molar-refractivity contribution in [1.82, 2.24) is 10.2 Å². The Morgan fingerprint density at radius 1 is 1.62 bits per heavy atom. The maximum atomic E-state index is 11.8. The highest BCUT2D eigenvalue weighted by atomic mass is 16.1. The van der Waals surface area contributed by atoms with E-state index >= 15 is 0 Å². The average Bonchev–Trinajstić information content (AvgIpc) is 2.26. The largest absolute Gasteiger partial charge is 0.352 e. The molecular formula is C12H25N3O. The molecule has 1 fully saturated rings. The highest BCUT2D eigenvalue weighted by Gasteiger charge is 2.19. The number of likely N-dealkylation sites (tertiary alicyclic amines) is 1. The summed E-state index contributed by atoms with van der Waals surface area (Å²) >= 11 is 0. The van der Waals surface area contributed by atoms with Gasteiger partial charge in [-0.25, -0.2) is 0 Å². The number of likely N-dealkylation sites (N-methyl/N-ethyl adjacent to an activating group) is 1. The topological polar surface area (TPSA) is 58.4 Å². The molecule has 1 amide bonds. The van der Waals surface area contributed by atoms with Gasteiger partial charge in [-0.15, -0.1) is 0 Å². The van der Waals surface area contributed by atoms with E-state index < -0.39 is 0 Å². The Kier molecular flexibility index (Phi) is 5.77. The Morgan fingerprint density at radius 3 is 2.94 bits per heavy atom. The quantitative estimate of drug-likeness (QED) is 0.722. The SMILES string of the molecule is CCC(CN)CC(=O)NC1CCCN(C)C1. The molecule has 1 heterocycles. The summed E-state index contributed by atoms with van der Waals surface area (Å²) in [6.45, 7) is 4.81. The van der Waals surface area contributed by atoms with Crippen LogP contribution in [0.2, 0.25) is 0 Å². The predicted molar refractivity (Wildman–Crippen MR) is 66.1 cm³/mol. The molecule has 2 atom stereocenters. The molecule has 1 aliphatic heterocycles. The summed E-state index contributed by atoms with van der Waals surface area (Å²) in [7, 11) is 2.10. The van der Waals surface area contributed by atoms with Gasteiger partial charge in [-0.2, -0.15) is 0 Å². The summed E-state index contributed by atoms with van der Waals surface area (Å²) in [4.78, 5) is 14.0. The lowest BCUT2D eigenvalue weighted by atomic mass is 10.0. The highest BCUT2D eigenvalue weighted by molar-refractivity contribution is 5.76. The Bertz CT molecular complexity index is 216. The number of amides is 1. The van der Waals surface area contributed by atoms with E-state index in [0.717, 1.165) is 25.9 Å². The van der Waals surface area contributed by atoms with Crippen LogP contribution >= 0.6 is 0 Å². The molecule has 0 radical (unpaired) electrons. The van der Waals surface area contributed by atoms with Gasteiger partial charge in [-0.3, -0.25) is 4.79 Å². The third kappa shape index (κ3) is 4.49. The van der Waals surface area contributed by atoms with Crippen LogP contribution in [0, 0.1) is 5.92 Å². The first-order chi connectivity index (χ1) is 7.65. The maximum Gasteiger partial charge on any atom is 0.220 e. The smallest absolute Gasteiger partial charge is 0.220 e. The van der Waals surface area contributed by atoms with E-state index in [9.17, 15) is 4.79 Å². The first kappa shape index (κ1) is 13.5. The number of nitrogens with zero attached hydrogens (tertiary/aromatic N) is 1. The van der Waals surface area contributed by atoms with Gasteiger partial charge in [0, 0.05) is 19.0 Å². The van der Waals surface area contributed by atoms with Crippen LogP contribution in [0.4, 0.5) is 0 Å². The van der Waals surface area contributed by atoms with Crippen LogP contribution in [-0.4, -0.2) is 43.5 Å². The molecule has 0 spiro atoms. The van der Waals surface area contributed by atoms with Gasteiger partial charge in [0.2, 0.25) is 5.91 Å².